The molecule has 0 fully saturated rings. The van der Waals surface area contributed by atoms with E-state index in [1.165, 1.54) is 7.05 Å². The Labute approximate surface area is 137 Å². The third kappa shape index (κ3) is 6.40. The first kappa shape index (κ1) is 17.5. The number of aryl methyl sites for hydroxylation is 1. The summed E-state index contributed by atoms with van der Waals surface area (Å²) in [6, 6.07) is 17.9. The number of ether oxygens (including phenoxy) is 1. The van der Waals surface area contributed by atoms with Crippen LogP contribution in [0.2, 0.25) is 0 Å². The van der Waals surface area contributed by atoms with Gasteiger partial charge in [0, 0.05) is 13.6 Å². The molecule has 2 aromatic rings. The summed E-state index contributed by atoms with van der Waals surface area (Å²) in [7, 11) is -1.95. The van der Waals surface area contributed by atoms with Gasteiger partial charge in [0.2, 0.25) is 0 Å². The van der Waals surface area contributed by atoms with Crippen LogP contribution in [0.4, 0.5) is 0 Å². The fourth-order valence-corrected chi connectivity index (χ4v) is 2.62. The van der Waals surface area contributed by atoms with Gasteiger partial charge in [0.15, 0.2) is 0 Å². The molecule has 0 aromatic heterocycles. The van der Waals surface area contributed by atoms with Gasteiger partial charge in [-0.05, 0) is 36.1 Å². The van der Waals surface area contributed by atoms with Crippen molar-refractivity contribution in [2.24, 2.45) is 0 Å². The second-order valence-electron chi connectivity index (χ2n) is 5.12. The molecule has 23 heavy (non-hydrogen) atoms. The number of hydrogen-bond acceptors (Lipinski definition) is 3. The van der Waals surface area contributed by atoms with E-state index in [9.17, 15) is 8.42 Å². The summed E-state index contributed by atoms with van der Waals surface area (Å²) in [5, 5.41) is 0. The van der Waals surface area contributed by atoms with Gasteiger partial charge in [0.25, 0.3) is 10.2 Å². The minimum atomic E-state index is -3.33. The fourth-order valence-electron chi connectivity index (χ4n) is 2.06. The van der Waals surface area contributed by atoms with Crippen LogP contribution in [0, 0.1) is 0 Å². The number of rotatable bonds is 9. The smallest absolute Gasteiger partial charge is 0.276 e. The molecule has 0 radical (unpaired) electrons. The van der Waals surface area contributed by atoms with E-state index in [2.05, 4.69) is 9.44 Å². The lowest BCUT2D eigenvalue weighted by Crippen LogP contribution is -2.34. The van der Waals surface area contributed by atoms with Crippen molar-refractivity contribution >= 4 is 10.2 Å². The third-order valence-electron chi connectivity index (χ3n) is 3.37. The molecule has 0 aliphatic rings. The van der Waals surface area contributed by atoms with E-state index >= 15 is 0 Å². The second-order valence-corrected chi connectivity index (χ2v) is 6.83. The summed E-state index contributed by atoms with van der Waals surface area (Å²) in [5.41, 5.74) is 2.29. The van der Waals surface area contributed by atoms with Crippen molar-refractivity contribution in [1.29, 1.82) is 0 Å². The van der Waals surface area contributed by atoms with Crippen LogP contribution >= 0.6 is 0 Å². The van der Waals surface area contributed by atoms with E-state index < -0.39 is 10.2 Å². The Morgan fingerprint density at radius 1 is 0.957 bits per heavy atom. The molecule has 0 aliphatic heterocycles. The highest BCUT2D eigenvalue weighted by atomic mass is 32.2. The maximum atomic E-state index is 11.2. The Hall–Kier alpha value is -1.89. The first-order chi connectivity index (χ1) is 11.1. The highest BCUT2D eigenvalue weighted by Crippen LogP contribution is 2.15. The lowest BCUT2D eigenvalue weighted by molar-refractivity contribution is 0.306. The summed E-state index contributed by atoms with van der Waals surface area (Å²) in [4.78, 5) is 0. The topological polar surface area (TPSA) is 67.4 Å². The van der Waals surface area contributed by atoms with E-state index in [1.54, 1.807) is 0 Å². The van der Waals surface area contributed by atoms with Gasteiger partial charge in [-0.2, -0.15) is 8.42 Å². The van der Waals surface area contributed by atoms with Crippen LogP contribution in [0.1, 0.15) is 17.5 Å². The van der Waals surface area contributed by atoms with Crippen LogP contribution < -0.4 is 14.2 Å². The average Bonchev–Trinajstić information content (AvgIpc) is 2.59. The van der Waals surface area contributed by atoms with Gasteiger partial charge in [-0.3, -0.25) is 0 Å². The fraction of sp³-hybridized carbons (Fsp3) is 0.294. The van der Waals surface area contributed by atoms with Crippen molar-refractivity contribution in [3.63, 3.8) is 0 Å². The van der Waals surface area contributed by atoms with Crippen molar-refractivity contribution in [2.75, 3.05) is 13.6 Å². The van der Waals surface area contributed by atoms with Crippen LogP contribution in [0.15, 0.2) is 54.6 Å². The second kappa shape index (κ2) is 8.67. The molecule has 2 aromatic carbocycles. The Bertz CT molecular complexity index is 686. The molecular formula is C17H22N2O3S. The van der Waals surface area contributed by atoms with Gasteiger partial charge in [0.05, 0.1) is 0 Å². The minimum absolute atomic E-state index is 0.412. The predicted molar refractivity (Wildman–Crippen MR) is 91.5 cm³/mol. The summed E-state index contributed by atoms with van der Waals surface area (Å²) >= 11 is 0. The molecule has 2 rings (SSSR count). The highest BCUT2D eigenvalue weighted by Gasteiger charge is 2.04. The van der Waals surface area contributed by atoms with E-state index in [0.29, 0.717) is 13.2 Å². The van der Waals surface area contributed by atoms with Crippen molar-refractivity contribution < 1.29 is 13.2 Å². The summed E-state index contributed by atoms with van der Waals surface area (Å²) in [5.74, 6) is 0.827. The Morgan fingerprint density at radius 2 is 1.65 bits per heavy atom. The Morgan fingerprint density at radius 3 is 2.30 bits per heavy atom. The molecule has 0 atom stereocenters. The Balaban J connectivity index is 1.74. The van der Waals surface area contributed by atoms with Crippen molar-refractivity contribution in [3.8, 4) is 5.75 Å². The molecule has 0 bridgehead atoms. The average molecular weight is 334 g/mol. The highest BCUT2D eigenvalue weighted by molar-refractivity contribution is 7.87. The minimum Gasteiger partial charge on any atom is -0.489 e. The van der Waals surface area contributed by atoms with Gasteiger partial charge in [-0.25, -0.2) is 9.44 Å². The van der Waals surface area contributed by atoms with E-state index in [4.69, 9.17) is 4.74 Å². The zero-order valence-electron chi connectivity index (χ0n) is 13.2. The number of hydrogen-bond donors (Lipinski definition) is 2. The molecule has 0 unspecified atom stereocenters. The zero-order valence-corrected chi connectivity index (χ0v) is 14.0. The summed E-state index contributed by atoms with van der Waals surface area (Å²) in [6.45, 7) is 0.960. The molecule has 0 aliphatic carbocycles. The molecule has 0 spiro atoms. The molecular weight excluding hydrogens is 312 g/mol. The van der Waals surface area contributed by atoms with Crippen molar-refractivity contribution in [2.45, 2.75) is 19.4 Å². The molecule has 0 heterocycles. The SMILES string of the molecule is CNS(=O)(=O)NCCCc1ccc(OCc2ccccc2)cc1. The maximum absolute atomic E-state index is 11.2. The molecule has 0 saturated carbocycles. The third-order valence-corrected chi connectivity index (χ3v) is 4.50. The van der Waals surface area contributed by atoms with Crippen LogP contribution in [0.5, 0.6) is 5.75 Å². The first-order valence-electron chi connectivity index (χ1n) is 7.53. The van der Waals surface area contributed by atoms with Gasteiger partial charge < -0.3 is 4.74 Å². The molecule has 0 saturated heterocycles. The van der Waals surface area contributed by atoms with E-state index in [1.807, 2.05) is 54.6 Å². The monoisotopic (exact) mass is 334 g/mol. The lowest BCUT2D eigenvalue weighted by Gasteiger charge is -2.08. The van der Waals surface area contributed by atoms with Gasteiger partial charge >= 0.3 is 0 Å². The zero-order chi connectivity index (χ0) is 16.5. The summed E-state index contributed by atoms with van der Waals surface area (Å²) in [6.07, 6.45) is 1.55. The van der Waals surface area contributed by atoms with Gasteiger partial charge in [-0.15, -0.1) is 0 Å². The van der Waals surface area contributed by atoms with Crippen LogP contribution in [0.25, 0.3) is 0 Å². The predicted octanol–water partition coefficient (Wildman–Crippen LogP) is 2.25. The van der Waals surface area contributed by atoms with Gasteiger partial charge in [0.1, 0.15) is 12.4 Å². The molecule has 124 valence electrons. The van der Waals surface area contributed by atoms with Crippen molar-refractivity contribution in [1.82, 2.24) is 9.44 Å². The Kier molecular flexibility index (Phi) is 6.58. The molecule has 0 amide bonds. The maximum Gasteiger partial charge on any atom is 0.276 e. The lowest BCUT2D eigenvalue weighted by atomic mass is 10.1. The van der Waals surface area contributed by atoms with E-state index in [-0.39, 0.29) is 0 Å². The van der Waals surface area contributed by atoms with Crippen LogP contribution in [-0.4, -0.2) is 22.0 Å². The normalized spacial score (nSPS) is 11.3. The van der Waals surface area contributed by atoms with Crippen molar-refractivity contribution in [3.05, 3.63) is 65.7 Å². The quantitative estimate of drug-likeness (QED) is 0.691. The molecule has 6 heteroatoms. The number of benzene rings is 2. The molecule has 2 N–H and O–H groups in total. The van der Waals surface area contributed by atoms with Crippen LogP contribution in [0.3, 0.4) is 0 Å². The molecule has 5 nitrogen and oxygen atoms in total. The largest absolute Gasteiger partial charge is 0.489 e. The standard InChI is InChI=1S/C17H22N2O3S/c1-18-23(20,21)19-13-5-8-15-9-11-17(12-10-15)22-14-16-6-3-2-4-7-16/h2-4,6-7,9-12,18-19H,5,8,13-14H2,1H3. The number of nitrogens with one attached hydrogen (secondary N) is 2. The van der Waals surface area contributed by atoms with Gasteiger partial charge in [-0.1, -0.05) is 42.5 Å². The van der Waals surface area contributed by atoms with Crippen LogP contribution in [-0.2, 0) is 23.2 Å². The van der Waals surface area contributed by atoms with E-state index in [0.717, 1.165) is 29.7 Å². The first-order valence-corrected chi connectivity index (χ1v) is 9.01. The summed E-state index contributed by atoms with van der Waals surface area (Å²) < 4.78 is 32.8.